The van der Waals surface area contributed by atoms with Crippen LogP contribution in [0, 0.1) is 11.3 Å². The molecule has 2 aromatic carbocycles. The van der Waals surface area contributed by atoms with E-state index in [0.29, 0.717) is 11.2 Å². The van der Waals surface area contributed by atoms with Crippen LogP contribution in [-0.2, 0) is 6.42 Å². The second-order valence-electron chi connectivity index (χ2n) is 5.46. The summed E-state index contributed by atoms with van der Waals surface area (Å²) in [7, 11) is 0. The van der Waals surface area contributed by atoms with Gasteiger partial charge in [0.1, 0.15) is 11.6 Å². The van der Waals surface area contributed by atoms with Crippen molar-refractivity contribution in [1.29, 1.82) is 5.26 Å². The van der Waals surface area contributed by atoms with Gasteiger partial charge >= 0.3 is 0 Å². The van der Waals surface area contributed by atoms with Crippen molar-refractivity contribution in [2.75, 3.05) is 0 Å². The average Bonchev–Trinajstić information content (AvgIpc) is 3.02. The highest BCUT2D eigenvalue weighted by atomic mass is 15.2. The Balaban J connectivity index is 2.03. The van der Waals surface area contributed by atoms with E-state index < -0.39 is 0 Å². The molecule has 0 saturated carbocycles. The van der Waals surface area contributed by atoms with Gasteiger partial charge in [-0.2, -0.15) is 10.4 Å². The summed E-state index contributed by atoms with van der Waals surface area (Å²) in [6.45, 7) is 2.15. The lowest BCUT2D eigenvalue weighted by Crippen LogP contribution is -1.95. The predicted octanol–water partition coefficient (Wildman–Crippen LogP) is 3.98. The Morgan fingerprint density at radius 2 is 2.00 bits per heavy atom. The van der Waals surface area contributed by atoms with Gasteiger partial charge in [-0.15, -0.1) is 0 Å². The Bertz CT molecular complexity index is 1070. The molecule has 0 spiro atoms. The first kappa shape index (κ1) is 13.5. The van der Waals surface area contributed by atoms with Crippen LogP contribution in [0.1, 0.15) is 18.1 Å². The molecule has 0 N–H and O–H groups in total. The smallest absolute Gasteiger partial charge is 0.172 e. The van der Waals surface area contributed by atoms with Crippen LogP contribution in [0.25, 0.3) is 27.5 Å². The number of hydrogen-bond donors (Lipinski definition) is 0. The zero-order valence-electron chi connectivity index (χ0n) is 12.7. The summed E-state index contributed by atoms with van der Waals surface area (Å²) < 4.78 is 1.68. The van der Waals surface area contributed by atoms with Crippen LogP contribution in [-0.4, -0.2) is 14.6 Å². The Hall–Kier alpha value is -3.19. The van der Waals surface area contributed by atoms with Crippen LogP contribution in [0.2, 0.25) is 0 Å². The van der Waals surface area contributed by atoms with Crippen molar-refractivity contribution >= 4 is 16.4 Å². The summed E-state index contributed by atoms with van der Waals surface area (Å²) in [5.74, 6) is 0. The monoisotopic (exact) mass is 298 g/mol. The molecule has 4 heteroatoms. The number of rotatable bonds is 2. The molecule has 110 valence electrons. The maximum absolute atomic E-state index is 9.09. The highest BCUT2D eigenvalue weighted by Crippen LogP contribution is 2.32. The van der Waals surface area contributed by atoms with Crippen molar-refractivity contribution in [1.82, 2.24) is 14.6 Å². The highest BCUT2D eigenvalue weighted by molar-refractivity contribution is 5.98. The van der Waals surface area contributed by atoms with Gasteiger partial charge in [0.15, 0.2) is 5.65 Å². The van der Waals surface area contributed by atoms with Crippen LogP contribution in [0.4, 0.5) is 0 Å². The summed E-state index contributed by atoms with van der Waals surface area (Å²) in [6.07, 6.45) is 6.28. The first-order valence-electron chi connectivity index (χ1n) is 7.56. The fourth-order valence-corrected chi connectivity index (χ4v) is 3.03. The maximum atomic E-state index is 9.09. The zero-order valence-corrected chi connectivity index (χ0v) is 12.7. The Morgan fingerprint density at radius 1 is 1.13 bits per heavy atom. The Morgan fingerprint density at radius 3 is 2.83 bits per heavy atom. The van der Waals surface area contributed by atoms with E-state index in [-0.39, 0.29) is 0 Å². The SMILES string of the molecule is CCc1ccc2ccccc2c1-c1cnc2c(C#N)cnn2c1. The van der Waals surface area contributed by atoms with Gasteiger partial charge < -0.3 is 0 Å². The van der Waals surface area contributed by atoms with E-state index >= 15 is 0 Å². The van der Waals surface area contributed by atoms with Gasteiger partial charge in [-0.1, -0.05) is 43.3 Å². The van der Waals surface area contributed by atoms with Crippen molar-refractivity contribution < 1.29 is 0 Å². The fraction of sp³-hybridized carbons (Fsp3) is 0.105. The van der Waals surface area contributed by atoms with Crippen molar-refractivity contribution in [2.45, 2.75) is 13.3 Å². The van der Waals surface area contributed by atoms with Crippen molar-refractivity contribution in [2.24, 2.45) is 0 Å². The third-order valence-electron chi connectivity index (χ3n) is 4.16. The number of nitrogens with zero attached hydrogens (tertiary/aromatic N) is 4. The van der Waals surface area contributed by atoms with Crippen molar-refractivity contribution in [3.63, 3.8) is 0 Å². The molecule has 0 aliphatic rings. The lowest BCUT2D eigenvalue weighted by Gasteiger charge is -2.12. The quantitative estimate of drug-likeness (QED) is 0.562. The minimum Gasteiger partial charge on any atom is -0.235 e. The normalized spacial score (nSPS) is 11.0. The summed E-state index contributed by atoms with van der Waals surface area (Å²) in [4.78, 5) is 4.45. The lowest BCUT2D eigenvalue weighted by atomic mass is 9.93. The van der Waals surface area contributed by atoms with Gasteiger partial charge in [-0.05, 0) is 28.3 Å². The first-order valence-corrected chi connectivity index (χ1v) is 7.56. The standard InChI is InChI=1S/C19H14N4/c1-2-13-7-8-14-5-3-4-6-17(14)18(13)16-10-21-19-15(9-20)11-22-23(19)12-16/h3-8,10-12H,2H2,1H3. The van der Waals surface area contributed by atoms with Crippen LogP contribution in [0.5, 0.6) is 0 Å². The molecule has 0 aliphatic heterocycles. The van der Waals surface area contributed by atoms with Gasteiger partial charge in [0.05, 0.1) is 6.20 Å². The molecule has 0 atom stereocenters. The zero-order chi connectivity index (χ0) is 15.8. The number of hydrogen-bond acceptors (Lipinski definition) is 3. The highest BCUT2D eigenvalue weighted by Gasteiger charge is 2.12. The molecule has 4 nitrogen and oxygen atoms in total. The maximum Gasteiger partial charge on any atom is 0.172 e. The van der Waals surface area contributed by atoms with Gasteiger partial charge in [-0.3, -0.25) is 0 Å². The van der Waals surface area contributed by atoms with Gasteiger partial charge in [0.2, 0.25) is 0 Å². The second kappa shape index (κ2) is 5.22. The molecular weight excluding hydrogens is 284 g/mol. The van der Waals surface area contributed by atoms with Crippen LogP contribution >= 0.6 is 0 Å². The molecule has 0 radical (unpaired) electrons. The molecule has 2 heterocycles. The molecule has 0 amide bonds. The van der Waals surface area contributed by atoms with E-state index in [1.54, 1.807) is 10.7 Å². The number of aryl methyl sites for hydroxylation is 1. The first-order chi connectivity index (χ1) is 11.3. The van der Waals surface area contributed by atoms with E-state index in [4.69, 9.17) is 5.26 Å². The second-order valence-corrected chi connectivity index (χ2v) is 5.46. The molecular formula is C19H14N4. The Labute approximate surface area is 133 Å². The molecule has 0 unspecified atom stereocenters. The lowest BCUT2D eigenvalue weighted by molar-refractivity contribution is 0.941. The summed E-state index contributed by atoms with van der Waals surface area (Å²) >= 11 is 0. The van der Waals surface area contributed by atoms with Crippen molar-refractivity contribution in [3.05, 3.63) is 66.1 Å². The van der Waals surface area contributed by atoms with E-state index in [9.17, 15) is 0 Å². The van der Waals surface area contributed by atoms with Crippen LogP contribution in [0.3, 0.4) is 0 Å². The van der Waals surface area contributed by atoms with Crippen LogP contribution < -0.4 is 0 Å². The minimum absolute atomic E-state index is 0.491. The van der Waals surface area contributed by atoms with Crippen molar-refractivity contribution in [3.8, 4) is 17.2 Å². The summed E-state index contributed by atoms with van der Waals surface area (Å²) in [6, 6.07) is 14.8. The molecule has 23 heavy (non-hydrogen) atoms. The number of fused-ring (bicyclic) bond motifs is 2. The molecule has 4 rings (SSSR count). The molecule has 2 aromatic heterocycles. The number of nitriles is 1. The van der Waals surface area contributed by atoms with Crippen LogP contribution in [0.15, 0.2) is 55.0 Å². The Kier molecular flexibility index (Phi) is 3.06. The molecule has 0 fully saturated rings. The number of benzene rings is 2. The number of aromatic nitrogens is 3. The third kappa shape index (κ3) is 2.06. The van der Waals surface area contributed by atoms with E-state index in [0.717, 1.165) is 12.0 Å². The van der Waals surface area contributed by atoms with E-state index in [2.05, 4.69) is 53.4 Å². The minimum atomic E-state index is 0.491. The van der Waals surface area contributed by atoms with Gasteiger partial charge in [0.25, 0.3) is 0 Å². The average molecular weight is 298 g/mol. The molecule has 0 bridgehead atoms. The largest absolute Gasteiger partial charge is 0.235 e. The summed E-state index contributed by atoms with van der Waals surface area (Å²) in [5, 5.41) is 15.7. The fourth-order valence-electron chi connectivity index (χ4n) is 3.03. The molecule has 0 aliphatic carbocycles. The van der Waals surface area contributed by atoms with E-state index in [1.165, 1.54) is 21.9 Å². The molecule has 4 aromatic rings. The van der Waals surface area contributed by atoms with E-state index in [1.807, 2.05) is 18.5 Å². The summed E-state index contributed by atoms with van der Waals surface area (Å²) in [5.41, 5.74) is 4.56. The predicted molar refractivity (Wildman–Crippen MR) is 90.0 cm³/mol. The third-order valence-corrected chi connectivity index (χ3v) is 4.16. The molecule has 0 saturated heterocycles. The topological polar surface area (TPSA) is 54.0 Å². The van der Waals surface area contributed by atoms with Gasteiger partial charge in [0, 0.05) is 18.0 Å². The van der Waals surface area contributed by atoms with Gasteiger partial charge in [-0.25, -0.2) is 9.50 Å².